The van der Waals surface area contributed by atoms with E-state index in [1.165, 1.54) is 0 Å². The van der Waals surface area contributed by atoms with Crippen LogP contribution in [0.3, 0.4) is 0 Å². The van der Waals surface area contributed by atoms with Gasteiger partial charge in [0.05, 0.1) is 18.1 Å². The summed E-state index contributed by atoms with van der Waals surface area (Å²) in [4.78, 5) is 20.7. The van der Waals surface area contributed by atoms with Crippen molar-refractivity contribution < 1.29 is 33.7 Å². The summed E-state index contributed by atoms with van der Waals surface area (Å²) < 4.78 is 26.4. The molecule has 0 spiro atoms. The third kappa shape index (κ3) is 3.08. The van der Waals surface area contributed by atoms with Crippen molar-refractivity contribution in [1.29, 1.82) is 0 Å². The lowest BCUT2D eigenvalue weighted by atomic mass is 10.0. The second-order valence-corrected chi connectivity index (χ2v) is 3.63. The highest BCUT2D eigenvalue weighted by molar-refractivity contribution is 5.75. The summed E-state index contributed by atoms with van der Waals surface area (Å²) >= 11 is 0. The van der Waals surface area contributed by atoms with Crippen LogP contribution in [0, 0.1) is 11.6 Å². The van der Waals surface area contributed by atoms with E-state index in [2.05, 4.69) is 0 Å². The summed E-state index contributed by atoms with van der Waals surface area (Å²) in [5.74, 6) is -3.75. The van der Waals surface area contributed by atoms with Crippen LogP contribution >= 0.6 is 0 Å². The second kappa shape index (κ2) is 5.65. The molecule has 0 saturated heterocycles. The van der Waals surface area contributed by atoms with Crippen LogP contribution in [0.15, 0.2) is 12.1 Å². The molecule has 0 bridgehead atoms. The number of hydrogen-bond acceptors (Lipinski definition) is 4. The number of rotatable bonds is 5. The lowest BCUT2D eigenvalue weighted by molar-refractivity contribution is -0.141. The monoisotopic (exact) mass is 260 g/mol. The molecule has 0 aliphatic heterocycles. The van der Waals surface area contributed by atoms with Gasteiger partial charge in [0.1, 0.15) is 17.7 Å². The summed E-state index contributed by atoms with van der Waals surface area (Å²) in [6.45, 7) is 0. The second-order valence-electron chi connectivity index (χ2n) is 3.63. The predicted octanol–water partition coefficient (Wildman–Crippen LogP) is 0.646. The Morgan fingerprint density at radius 1 is 1.28 bits per heavy atom. The first kappa shape index (κ1) is 14.2. The molecule has 2 unspecified atom stereocenters. The molecule has 0 fully saturated rings. The van der Waals surface area contributed by atoms with Gasteiger partial charge in [-0.25, -0.2) is 8.78 Å². The van der Waals surface area contributed by atoms with E-state index in [-0.39, 0.29) is 11.8 Å². The first-order chi connectivity index (χ1) is 8.36. The van der Waals surface area contributed by atoms with Crippen LogP contribution in [-0.2, 0) is 4.79 Å². The Bertz CT molecular complexity index is 451. The van der Waals surface area contributed by atoms with Gasteiger partial charge in [0.25, 0.3) is 0 Å². The van der Waals surface area contributed by atoms with Crippen LogP contribution in [0.25, 0.3) is 0 Å². The maximum absolute atomic E-state index is 13.2. The third-order valence-electron chi connectivity index (χ3n) is 2.31. The summed E-state index contributed by atoms with van der Waals surface area (Å²) in [6, 6.07) is 1.34. The number of carbonyl (C=O) groups is 2. The number of carboxylic acid groups (broad SMARTS) is 1. The fraction of sp³-hybridized carbons (Fsp3) is 0.273. The highest BCUT2D eigenvalue weighted by Gasteiger charge is 2.23. The number of aliphatic hydroxyl groups is 2. The molecule has 0 aromatic heterocycles. The van der Waals surface area contributed by atoms with Crippen molar-refractivity contribution in [3.8, 4) is 0 Å². The zero-order valence-corrected chi connectivity index (χ0v) is 9.01. The zero-order chi connectivity index (χ0) is 13.9. The lowest BCUT2D eigenvalue weighted by Crippen LogP contribution is -2.22. The Morgan fingerprint density at radius 2 is 1.78 bits per heavy atom. The molecule has 3 N–H and O–H groups in total. The van der Waals surface area contributed by atoms with E-state index in [0.29, 0.717) is 12.1 Å². The number of carbonyl (C=O) groups excluding carboxylic acids is 1. The smallest absolute Gasteiger partial charge is 0.306 e. The SMILES string of the molecule is O=Cc1c(F)cc(C(O)C(O)CC(=O)O)cc1F. The molecule has 1 rings (SSSR count). The topological polar surface area (TPSA) is 94.8 Å². The predicted molar refractivity (Wildman–Crippen MR) is 55.0 cm³/mol. The van der Waals surface area contributed by atoms with Crippen LogP contribution in [-0.4, -0.2) is 33.7 Å². The number of hydrogen-bond donors (Lipinski definition) is 3. The van der Waals surface area contributed by atoms with Gasteiger partial charge in [-0.2, -0.15) is 0 Å². The van der Waals surface area contributed by atoms with Gasteiger partial charge in [0, 0.05) is 0 Å². The first-order valence-corrected chi connectivity index (χ1v) is 4.88. The molecule has 0 aliphatic rings. The quantitative estimate of drug-likeness (QED) is 0.675. The molecular weight excluding hydrogens is 250 g/mol. The number of carboxylic acids is 1. The standard InChI is InChI=1S/C11H10F2O5/c12-7-1-5(2-8(13)6(7)4-14)11(18)9(15)3-10(16)17/h1-2,4,9,11,15,18H,3H2,(H,16,17). The summed E-state index contributed by atoms with van der Waals surface area (Å²) in [6.07, 6.45) is -4.26. The average Bonchev–Trinajstić information content (AvgIpc) is 2.26. The Hall–Kier alpha value is -1.86. The molecule has 2 atom stereocenters. The van der Waals surface area contributed by atoms with Gasteiger partial charge < -0.3 is 15.3 Å². The maximum atomic E-state index is 13.2. The van der Waals surface area contributed by atoms with Gasteiger partial charge in [0.2, 0.25) is 0 Å². The molecule has 0 saturated carbocycles. The summed E-state index contributed by atoms with van der Waals surface area (Å²) in [5.41, 5.74) is -1.14. The number of aliphatic hydroxyl groups excluding tert-OH is 2. The van der Waals surface area contributed by atoms with E-state index in [0.717, 1.165) is 0 Å². The molecule has 7 heteroatoms. The highest BCUT2D eigenvalue weighted by Crippen LogP contribution is 2.23. The molecule has 0 heterocycles. The van der Waals surface area contributed by atoms with Gasteiger partial charge in [-0.1, -0.05) is 0 Å². The number of halogens is 2. The van der Waals surface area contributed by atoms with Gasteiger partial charge in [0.15, 0.2) is 6.29 Å². The average molecular weight is 260 g/mol. The summed E-state index contributed by atoms with van der Waals surface area (Å²) in [5, 5.41) is 27.2. The Kier molecular flexibility index (Phi) is 4.46. The largest absolute Gasteiger partial charge is 0.481 e. The van der Waals surface area contributed by atoms with Crippen LogP contribution in [0.4, 0.5) is 8.78 Å². The van der Waals surface area contributed by atoms with Crippen LogP contribution in [0.5, 0.6) is 0 Å². The molecule has 0 radical (unpaired) electrons. The van der Waals surface area contributed by atoms with Crippen molar-refractivity contribution in [2.45, 2.75) is 18.6 Å². The zero-order valence-electron chi connectivity index (χ0n) is 9.01. The molecule has 1 aromatic carbocycles. The Balaban J connectivity index is 3.03. The maximum Gasteiger partial charge on any atom is 0.306 e. The molecule has 98 valence electrons. The van der Waals surface area contributed by atoms with Gasteiger partial charge in [-0.05, 0) is 17.7 Å². The normalized spacial score (nSPS) is 14.0. The first-order valence-electron chi connectivity index (χ1n) is 4.88. The van der Waals surface area contributed by atoms with E-state index in [9.17, 15) is 28.6 Å². The molecule has 0 aliphatic carbocycles. The molecule has 18 heavy (non-hydrogen) atoms. The fourth-order valence-corrected chi connectivity index (χ4v) is 1.40. The Labute approximate surface area is 100 Å². The minimum Gasteiger partial charge on any atom is -0.481 e. The lowest BCUT2D eigenvalue weighted by Gasteiger charge is -2.17. The van der Waals surface area contributed by atoms with Crippen molar-refractivity contribution >= 4 is 12.3 Å². The fourth-order valence-electron chi connectivity index (χ4n) is 1.40. The van der Waals surface area contributed by atoms with Gasteiger partial charge in [-0.15, -0.1) is 0 Å². The van der Waals surface area contributed by atoms with E-state index in [1.54, 1.807) is 0 Å². The number of aldehydes is 1. The minimum absolute atomic E-state index is 0.0193. The van der Waals surface area contributed by atoms with E-state index >= 15 is 0 Å². The third-order valence-corrected chi connectivity index (χ3v) is 2.31. The van der Waals surface area contributed by atoms with Crippen LogP contribution in [0.2, 0.25) is 0 Å². The van der Waals surface area contributed by atoms with E-state index in [4.69, 9.17) is 5.11 Å². The molecular formula is C11H10F2O5. The van der Waals surface area contributed by atoms with Crippen molar-refractivity contribution in [1.82, 2.24) is 0 Å². The van der Waals surface area contributed by atoms with Gasteiger partial charge in [-0.3, -0.25) is 9.59 Å². The molecule has 5 nitrogen and oxygen atoms in total. The molecule has 0 amide bonds. The van der Waals surface area contributed by atoms with Crippen molar-refractivity contribution in [2.24, 2.45) is 0 Å². The van der Waals surface area contributed by atoms with E-state index < -0.39 is 41.8 Å². The van der Waals surface area contributed by atoms with Crippen molar-refractivity contribution in [3.63, 3.8) is 0 Å². The summed E-state index contributed by atoms with van der Waals surface area (Å²) in [7, 11) is 0. The number of benzene rings is 1. The van der Waals surface area contributed by atoms with Crippen LogP contribution in [0.1, 0.15) is 28.4 Å². The molecule has 1 aromatic rings. The van der Waals surface area contributed by atoms with Crippen LogP contribution < -0.4 is 0 Å². The van der Waals surface area contributed by atoms with Crippen molar-refractivity contribution in [2.75, 3.05) is 0 Å². The number of aliphatic carboxylic acids is 1. The Morgan fingerprint density at radius 3 is 2.17 bits per heavy atom. The van der Waals surface area contributed by atoms with Gasteiger partial charge >= 0.3 is 5.97 Å². The van der Waals surface area contributed by atoms with Crippen molar-refractivity contribution in [3.05, 3.63) is 34.9 Å². The highest BCUT2D eigenvalue weighted by atomic mass is 19.1. The minimum atomic E-state index is -1.76. The van der Waals surface area contributed by atoms with E-state index in [1.807, 2.05) is 0 Å².